The number of aryl methyl sites for hydroxylation is 1. The number of piperidine rings is 1. The van der Waals surface area contributed by atoms with Gasteiger partial charge in [0.25, 0.3) is 0 Å². The van der Waals surface area contributed by atoms with Crippen LogP contribution >= 0.6 is 0 Å². The minimum absolute atomic E-state index is 0.330. The fraction of sp³-hybridized carbons (Fsp3) is 0.786. The predicted octanol–water partition coefficient (Wildman–Crippen LogP) is 0.609. The third-order valence-electron chi connectivity index (χ3n) is 4.27. The summed E-state index contributed by atoms with van der Waals surface area (Å²) in [6.07, 6.45) is 1.62. The van der Waals surface area contributed by atoms with Gasteiger partial charge in [0.2, 0.25) is 10.0 Å². The topological polar surface area (TPSA) is 75.9 Å². The summed E-state index contributed by atoms with van der Waals surface area (Å²) in [6.45, 7) is 5.89. The maximum absolute atomic E-state index is 12.8. The van der Waals surface area contributed by atoms with Crippen LogP contribution in [0.4, 0.5) is 0 Å². The molecule has 2 saturated heterocycles. The molecule has 2 aliphatic rings. The molecule has 2 fully saturated rings. The molecule has 3 heterocycles. The van der Waals surface area contributed by atoms with Crippen molar-refractivity contribution >= 4 is 10.0 Å². The SMILES string of the molecule is Cc1cc(CN2CCC[C@@H](S(=O)(=O)N3CCOCC3)C2)on1. The molecule has 22 heavy (non-hydrogen) atoms. The summed E-state index contributed by atoms with van der Waals surface area (Å²) >= 11 is 0. The van der Waals surface area contributed by atoms with Crippen LogP contribution in [-0.2, 0) is 21.3 Å². The molecule has 1 aromatic heterocycles. The van der Waals surface area contributed by atoms with Gasteiger partial charge < -0.3 is 9.26 Å². The first-order valence-electron chi connectivity index (χ1n) is 7.77. The molecule has 0 saturated carbocycles. The Balaban J connectivity index is 1.64. The lowest BCUT2D eigenvalue weighted by atomic mass is 10.1. The molecule has 3 rings (SSSR count). The van der Waals surface area contributed by atoms with Crippen LogP contribution in [0.5, 0.6) is 0 Å². The molecule has 1 aromatic rings. The lowest BCUT2D eigenvalue weighted by molar-refractivity contribution is 0.0718. The standard InChI is InChI=1S/C14H23N3O4S/c1-12-9-13(21-15-12)10-16-4-2-3-14(11-16)22(18,19)17-5-7-20-8-6-17/h9,14H,2-8,10-11H2,1H3/t14-/m1/s1. The van der Waals surface area contributed by atoms with E-state index in [4.69, 9.17) is 9.26 Å². The molecule has 8 heteroatoms. The zero-order valence-electron chi connectivity index (χ0n) is 12.9. The summed E-state index contributed by atoms with van der Waals surface area (Å²) in [4.78, 5) is 2.14. The van der Waals surface area contributed by atoms with Crippen molar-refractivity contribution in [3.8, 4) is 0 Å². The van der Waals surface area contributed by atoms with Gasteiger partial charge in [-0.05, 0) is 26.3 Å². The summed E-state index contributed by atoms with van der Waals surface area (Å²) in [5.74, 6) is 0.793. The minimum atomic E-state index is -3.24. The lowest BCUT2D eigenvalue weighted by Gasteiger charge is -2.35. The molecular formula is C14H23N3O4S. The van der Waals surface area contributed by atoms with E-state index < -0.39 is 10.0 Å². The Labute approximate surface area is 131 Å². The molecule has 124 valence electrons. The third-order valence-corrected chi connectivity index (χ3v) is 6.58. The van der Waals surface area contributed by atoms with Crippen molar-refractivity contribution in [1.29, 1.82) is 0 Å². The monoisotopic (exact) mass is 329 g/mol. The van der Waals surface area contributed by atoms with Crippen LogP contribution in [0.25, 0.3) is 0 Å². The first kappa shape index (κ1) is 15.9. The van der Waals surface area contributed by atoms with Gasteiger partial charge in [-0.1, -0.05) is 5.16 Å². The average molecular weight is 329 g/mol. The highest BCUT2D eigenvalue weighted by molar-refractivity contribution is 7.89. The van der Waals surface area contributed by atoms with E-state index in [2.05, 4.69) is 10.1 Å². The number of nitrogens with zero attached hydrogens (tertiary/aromatic N) is 3. The Hall–Kier alpha value is -0.960. The highest BCUT2D eigenvalue weighted by Crippen LogP contribution is 2.22. The minimum Gasteiger partial charge on any atom is -0.379 e. The van der Waals surface area contributed by atoms with Crippen molar-refractivity contribution in [2.24, 2.45) is 0 Å². The molecule has 0 bridgehead atoms. The van der Waals surface area contributed by atoms with Crippen LogP contribution in [0, 0.1) is 6.92 Å². The fourth-order valence-corrected chi connectivity index (χ4v) is 5.07. The van der Waals surface area contributed by atoms with E-state index in [-0.39, 0.29) is 5.25 Å². The average Bonchev–Trinajstić information content (AvgIpc) is 2.93. The summed E-state index contributed by atoms with van der Waals surface area (Å²) in [5.41, 5.74) is 0.851. The molecule has 0 radical (unpaired) electrons. The molecule has 7 nitrogen and oxygen atoms in total. The van der Waals surface area contributed by atoms with E-state index in [1.54, 1.807) is 4.31 Å². The smallest absolute Gasteiger partial charge is 0.218 e. The Morgan fingerprint density at radius 2 is 2.09 bits per heavy atom. The molecule has 0 amide bonds. The van der Waals surface area contributed by atoms with Crippen LogP contribution in [0.15, 0.2) is 10.6 Å². The van der Waals surface area contributed by atoms with Crippen molar-refractivity contribution in [3.05, 3.63) is 17.5 Å². The molecule has 2 aliphatic heterocycles. The van der Waals surface area contributed by atoms with E-state index >= 15 is 0 Å². The number of likely N-dealkylation sites (tertiary alicyclic amines) is 1. The highest BCUT2D eigenvalue weighted by Gasteiger charge is 2.36. The predicted molar refractivity (Wildman–Crippen MR) is 80.9 cm³/mol. The Kier molecular flexibility index (Phi) is 4.82. The van der Waals surface area contributed by atoms with Gasteiger partial charge in [0.1, 0.15) is 0 Å². The van der Waals surface area contributed by atoms with E-state index in [0.717, 1.165) is 30.8 Å². The van der Waals surface area contributed by atoms with Gasteiger partial charge in [-0.3, -0.25) is 4.90 Å². The molecule has 0 N–H and O–H groups in total. The quantitative estimate of drug-likeness (QED) is 0.805. The van der Waals surface area contributed by atoms with Crippen LogP contribution in [0.3, 0.4) is 0 Å². The zero-order valence-corrected chi connectivity index (χ0v) is 13.7. The van der Waals surface area contributed by atoms with Crippen LogP contribution < -0.4 is 0 Å². The van der Waals surface area contributed by atoms with Gasteiger partial charge in [0.05, 0.1) is 30.7 Å². The molecule has 1 atom stereocenters. The van der Waals surface area contributed by atoms with Crippen molar-refractivity contribution in [2.45, 2.75) is 31.6 Å². The molecule has 0 aromatic carbocycles. The number of hydrogen-bond donors (Lipinski definition) is 0. The van der Waals surface area contributed by atoms with E-state index in [9.17, 15) is 8.42 Å². The van der Waals surface area contributed by atoms with Crippen molar-refractivity contribution in [2.75, 3.05) is 39.4 Å². The number of sulfonamides is 1. The van der Waals surface area contributed by atoms with E-state index in [0.29, 0.717) is 39.4 Å². The second-order valence-electron chi connectivity index (χ2n) is 5.99. The number of ether oxygens (including phenoxy) is 1. The second-order valence-corrected chi connectivity index (χ2v) is 8.20. The van der Waals surface area contributed by atoms with Gasteiger partial charge in [0, 0.05) is 25.7 Å². The fourth-order valence-electron chi connectivity index (χ4n) is 3.12. The number of hydrogen-bond acceptors (Lipinski definition) is 6. The van der Waals surface area contributed by atoms with Crippen molar-refractivity contribution in [1.82, 2.24) is 14.4 Å². The maximum Gasteiger partial charge on any atom is 0.218 e. The van der Waals surface area contributed by atoms with Crippen LogP contribution in [0.1, 0.15) is 24.3 Å². The van der Waals surface area contributed by atoms with E-state index in [1.807, 2.05) is 13.0 Å². The number of morpholine rings is 1. The Morgan fingerprint density at radius 1 is 1.32 bits per heavy atom. The summed E-state index contributed by atoms with van der Waals surface area (Å²) in [6, 6.07) is 1.90. The largest absolute Gasteiger partial charge is 0.379 e. The lowest BCUT2D eigenvalue weighted by Crippen LogP contribution is -2.50. The van der Waals surface area contributed by atoms with Crippen molar-refractivity contribution in [3.63, 3.8) is 0 Å². The molecule has 0 aliphatic carbocycles. The third kappa shape index (κ3) is 3.51. The first-order valence-corrected chi connectivity index (χ1v) is 9.27. The summed E-state index contributed by atoms with van der Waals surface area (Å²) in [7, 11) is -3.24. The number of rotatable bonds is 4. The van der Waals surface area contributed by atoms with Crippen LogP contribution in [-0.4, -0.2) is 67.4 Å². The van der Waals surface area contributed by atoms with Gasteiger partial charge in [-0.15, -0.1) is 0 Å². The van der Waals surface area contributed by atoms with Gasteiger partial charge in [0.15, 0.2) is 5.76 Å². The Bertz CT molecular complexity index is 595. The summed E-state index contributed by atoms with van der Waals surface area (Å²) < 4.78 is 37.6. The van der Waals surface area contributed by atoms with Gasteiger partial charge >= 0.3 is 0 Å². The molecule has 0 spiro atoms. The molecule has 0 unspecified atom stereocenters. The highest BCUT2D eigenvalue weighted by atomic mass is 32.2. The Morgan fingerprint density at radius 3 is 2.77 bits per heavy atom. The molecular weight excluding hydrogens is 306 g/mol. The van der Waals surface area contributed by atoms with Gasteiger partial charge in [-0.25, -0.2) is 8.42 Å². The van der Waals surface area contributed by atoms with Crippen molar-refractivity contribution < 1.29 is 17.7 Å². The van der Waals surface area contributed by atoms with Gasteiger partial charge in [-0.2, -0.15) is 4.31 Å². The number of aromatic nitrogens is 1. The van der Waals surface area contributed by atoms with E-state index in [1.165, 1.54) is 0 Å². The zero-order chi connectivity index (χ0) is 15.6. The van der Waals surface area contributed by atoms with Crippen LogP contribution in [0.2, 0.25) is 0 Å². The summed E-state index contributed by atoms with van der Waals surface area (Å²) in [5, 5.41) is 3.55. The second kappa shape index (κ2) is 6.66. The maximum atomic E-state index is 12.8. The first-order chi connectivity index (χ1) is 10.6. The normalized spacial score (nSPS) is 25.4.